The van der Waals surface area contributed by atoms with Crippen LogP contribution in [0.25, 0.3) is 0 Å². The zero-order valence-electron chi connectivity index (χ0n) is 16.4. The lowest BCUT2D eigenvalue weighted by Gasteiger charge is -2.28. The van der Waals surface area contributed by atoms with Crippen molar-refractivity contribution in [3.8, 4) is 0 Å². The minimum Gasteiger partial charge on any atom is -0.322 e. The molecule has 0 aromatic heterocycles. The van der Waals surface area contributed by atoms with Crippen LogP contribution in [0.2, 0.25) is 0 Å². The minimum atomic E-state index is -2.58. The van der Waals surface area contributed by atoms with E-state index in [0.29, 0.717) is 12.3 Å². The van der Waals surface area contributed by atoms with E-state index in [-0.39, 0.29) is 22.9 Å². The van der Waals surface area contributed by atoms with Gasteiger partial charge in [-0.25, -0.2) is 0 Å². The van der Waals surface area contributed by atoms with E-state index >= 15 is 0 Å². The van der Waals surface area contributed by atoms with E-state index in [2.05, 4.69) is 50.0 Å². The molecule has 2 aromatic carbocycles. The maximum Gasteiger partial charge on any atom is 0.117 e. The number of hydrogen-bond donors (Lipinski definition) is 0. The van der Waals surface area contributed by atoms with Gasteiger partial charge in [-0.1, -0.05) is 77.9 Å². The van der Waals surface area contributed by atoms with Gasteiger partial charge in [0, 0.05) is 35.2 Å². The quantitative estimate of drug-likeness (QED) is 0.415. The Hall–Kier alpha value is -1.62. The van der Waals surface area contributed by atoms with E-state index in [9.17, 15) is 9.13 Å². The van der Waals surface area contributed by atoms with Crippen molar-refractivity contribution < 1.29 is 9.13 Å². The zero-order valence-corrected chi connectivity index (χ0v) is 18.2. The van der Waals surface area contributed by atoms with Crippen LogP contribution in [0.3, 0.4) is 0 Å². The maximum atomic E-state index is 14.4. The number of hydrogen-bond acceptors (Lipinski definition) is 2. The standard InChI is InChI=1S/C24H26O2P2/c1-17-13-21-24-22(23(17)28(21,26)16-20-11-7-4-8-12-20)18(2)14-27(24,25)15-19-9-5-3-6-10-19/h3-14,21-24H,15-16H2,1-2H3/t21-,22-,23+,24+,27?,28?/m0/s1. The van der Waals surface area contributed by atoms with Gasteiger partial charge in [0.15, 0.2) is 0 Å². The van der Waals surface area contributed by atoms with Crippen LogP contribution in [0.5, 0.6) is 0 Å². The highest BCUT2D eigenvalue weighted by molar-refractivity contribution is 7.72. The highest BCUT2D eigenvalue weighted by Crippen LogP contribution is 2.83. The largest absolute Gasteiger partial charge is 0.322 e. The molecule has 4 heteroatoms. The summed E-state index contributed by atoms with van der Waals surface area (Å²) in [4.78, 5) is 0. The van der Waals surface area contributed by atoms with Crippen LogP contribution in [0.1, 0.15) is 25.0 Å². The van der Waals surface area contributed by atoms with Gasteiger partial charge in [0.05, 0.1) is 0 Å². The Morgan fingerprint density at radius 2 is 1.36 bits per heavy atom. The summed E-state index contributed by atoms with van der Waals surface area (Å²) in [5.41, 5.74) is 4.79. The van der Waals surface area contributed by atoms with Crippen molar-refractivity contribution in [1.82, 2.24) is 0 Å². The number of allylic oxidation sites excluding steroid dienone is 3. The molecule has 0 aliphatic carbocycles. The van der Waals surface area contributed by atoms with Gasteiger partial charge in [-0.2, -0.15) is 0 Å². The lowest BCUT2D eigenvalue weighted by Crippen LogP contribution is -2.28. The van der Waals surface area contributed by atoms with Crippen molar-refractivity contribution >= 4 is 14.3 Å². The molecule has 0 radical (unpaired) electrons. The first-order chi connectivity index (χ1) is 13.4. The molecule has 28 heavy (non-hydrogen) atoms. The second-order valence-corrected chi connectivity index (χ2v) is 14.8. The topological polar surface area (TPSA) is 34.1 Å². The van der Waals surface area contributed by atoms with Crippen molar-refractivity contribution in [3.05, 3.63) is 94.8 Å². The van der Waals surface area contributed by atoms with Crippen LogP contribution in [0, 0.1) is 5.92 Å². The smallest absolute Gasteiger partial charge is 0.117 e. The van der Waals surface area contributed by atoms with Gasteiger partial charge in [0.2, 0.25) is 0 Å². The predicted molar refractivity (Wildman–Crippen MR) is 118 cm³/mol. The Kier molecular flexibility index (Phi) is 4.24. The first-order valence-corrected chi connectivity index (χ1v) is 14.1. The van der Waals surface area contributed by atoms with Gasteiger partial charge >= 0.3 is 0 Å². The Labute approximate surface area is 167 Å². The van der Waals surface area contributed by atoms with E-state index in [1.165, 1.54) is 11.1 Å². The van der Waals surface area contributed by atoms with Crippen LogP contribution in [-0.4, -0.2) is 17.0 Å². The second-order valence-electron chi connectivity index (χ2n) is 8.73. The molecule has 0 amide bonds. The minimum absolute atomic E-state index is 0.0240. The normalized spacial score (nSPS) is 38.2. The van der Waals surface area contributed by atoms with Gasteiger partial charge in [0.1, 0.15) is 14.3 Å². The molecule has 2 aromatic rings. The summed E-state index contributed by atoms with van der Waals surface area (Å²) in [7, 11) is -5.11. The van der Waals surface area contributed by atoms with Crippen molar-refractivity contribution in [3.63, 3.8) is 0 Å². The fourth-order valence-corrected chi connectivity index (χ4v) is 15.6. The van der Waals surface area contributed by atoms with Gasteiger partial charge in [-0.3, -0.25) is 0 Å². The van der Waals surface area contributed by atoms with E-state index in [0.717, 1.165) is 11.1 Å². The lowest BCUT2D eigenvalue weighted by atomic mass is 9.85. The molecule has 1 saturated heterocycles. The summed E-state index contributed by atoms with van der Waals surface area (Å²) in [6.07, 6.45) is 3.44. The third kappa shape index (κ3) is 2.62. The molecule has 3 aliphatic heterocycles. The molecule has 3 aliphatic rings. The average Bonchev–Trinajstić information content (AvgIpc) is 3.17. The third-order valence-corrected chi connectivity index (χ3v) is 14.5. The van der Waals surface area contributed by atoms with Crippen LogP contribution >= 0.6 is 14.3 Å². The Balaban J connectivity index is 1.55. The molecule has 0 spiro atoms. The summed E-state index contributed by atoms with van der Waals surface area (Å²) in [5.74, 6) is 2.27. The monoisotopic (exact) mass is 408 g/mol. The molecule has 2 unspecified atom stereocenters. The van der Waals surface area contributed by atoms with Gasteiger partial charge in [0.25, 0.3) is 0 Å². The average molecular weight is 408 g/mol. The third-order valence-electron chi connectivity index (χ3n) is 6.93. The fourth-order valence-electron chi connectivity index (χ4n) is 5.99. The van der Waals surface area contributed by atoms with Crippen LogP contribution < -0.4 is 0 Å². The first kappa shape index (κ1) is 18.4. The number of rotatable bonds is 4. The zero-order chi connectivity index (χ0) is 19.5. The van der Waals surface area contributed by atoms with E-state index in [1.807, 2.05) is 36.4 Å². The van der Waals surface area contributed by atoms with Crippen LogP contribution in [0.15, 0.2) is 83.7 Å². The van der Waals surface area contributed by atoms with Gasteiger partial charge < -0.3 is 9.13 Å². The van der Waals surface area contributed by atoms with Crippen molar-refractivity contribution in [2.45, 2.75) is 43.1 Å². The Bertz CT molecular complexity index is 1070. The molecule has 0 N–H and O–H groups in total. The molecule has 5 rings (SSSR count). The maximum absolute atomic E-state index is 14.4. The highest BCUT2D eigenvalue weighted by Gasteiger charge is 2.67. The van der Waals surface area contributed by atoms with E-state index < -0.39 is 14.3 Å². The number of benzene rings is 2. The summed E-state index contributed by atoms with van der Waals surface area (Å²) in [5, 5.41) is 0. The molecule has 6 atom stereocenters. The molecule has 144 valence electrons. The SMILES string of the molecule is CC1=CP(=O)(Cc2ccccc2)[C@H]2[C@@H]1[C@H]1C(C)=C[C@@H]2P1(=O)Cc1ccccc1. The van der Waals surface area contributed by atoms with Crippen LogP contribution in [-0.2, 0) is 21.5 Å². The fraction of sp³-hybridized carbons (Fsp3) is 0.333. The lowest BCUT2D eigenvalue weighted by molar-refractivity contribution is 0.545. The van der Waals surface area contributed by atoms with Gasteiger partial charge in [-0.05, 0) is 30.8 Å². The molecule has 2 nitrogen and oxygen atoms in total. The first-order valence-electron chi connectivity index (χ1n) is 10.0. The molecular formula is C24H26O2P2. The summed E-state index contributed by atoms with van der Waals surface area (Å²) >= 11 is 0. The summed E-state index contributed by atoms with van der Waals surface area (Å²) in [6, 6.07) is 20.3. The Morgan fingerprint density at radius 3 is 1.96 bits per heavy atom. The van der Waals surface area contributed by atoms with Crippen molar-refractivity contribution in [2.24, 2.45) is 5.92 Å². The van der Waals surface area contributed by atoms with E-state index in [1.54, 1.807) is 0 Å². The number of fused-ring (bicyclic) bond motifs is 5. The van der Waals surface area contributed by atoms with Gasteiger partial charge in [-0.15, -0.1) is 0 Å². The Morgan fingerprint density at radius 1 is 0.786 bits per heavy atom. The molecular weight excluding hydrogens is 382 g/mol. The van der Waals surface area contributed by atoms with Crippen molar-refractivity contribution in [1.29, 1.82) is 0 Å². The van der Waals surface area contributed by atoms with Crippen LogP contribution in [0.4, 0.5) is 0 Å². The molecule has 3 heterocycles. The van der Waals surface area contributed by atoms with E-state index in [4.69, 9.17) is 0 Å². The highest BCUT2D eigenvalue weighted by atomic mass is 31.2. The summed E-state index contributed by atoms with van der Waals surface area (Å²) in [6.45, 7) is 4.25. The molecule has 0 saturated carbocycles. The second kappa shape index (κ2) is 6.45. The van der Waals surface area contributed by atoms with Crippen molar-refractivity contribution in [2.75, 3.05) is 0 Å². The summed E-state index contributed by atoms with van der Waals surface area (Å²) < 4.78 is 28.6. The molecule has 2 bridgehead atoms. The molecule has 1 fully saturated rings. The predicted octanol–water partition coefficient (Wildman–Crippen LogP) is 6.73.